The fourth-order valence-electron chi connectivity index (χ4n) is 2.92. The minimum absolute atomic E-state index is 0.108. The van der Waals surface area contributed by atoms with Gasteiger partial charge in [-0.3, -0.25) is 9.59 Å². The highest BCUT2D eigenvalue weighted by molar-refractivity contribution is 7.99. The van der Waals surface area contributed by atoms with Crippen LogP contribution in [0.3, 0.4) is 0 Å². The molecule has 0 aliphatic carbocycles. The van der Waals surface area contributed by atoms with Gasteiger partial charge in [0.25, 0.3) is 0 Å². The molecule has 0 saturated heterocycles. The molecule has 0 aromatic heterocycles. The molecule has 0 spiro atoms. The van der Waals surface area contributed by atoms with E-state index in [0.717, 1.165) is 24.0 Å². The van der Waals surface area contributed by atoms with Crippen molar-refractivity contribution in [2.24, 2.45) is 0 Å². The van der Waals surface area contributed by atoms with Crippen molar-refractivity contribution >= 4 is 58.4 Å². The molecule has 2 aromatic carbocycles. The van der Waals surface area contributed by atoms with Crippen molar-refractivity contribution in [2.75, 3.05) is 12.3 Å². The summed E-state index contributed by atoms with van der Waals surface area (Å²) in [5.74, 6) is 0.597. The number of thioether (sulfide) groups is 1. The predicted octanol–water partition coefficient (Wildman–Crippen LogP) is 6.21. The van der Waals surface area contributed by atoms with E-state index in [-0.39, 0.29) is 17.6 Å². The molecule has 2 aromatic rings. The number of rotatable bonds is 11. The first kappa shape index (κ1) is 25.9. The van der Waals surface area contributed by atoms with Crippen LogP contribution in [0.5, 0.6) is 0 Å². The smallest absolute Gasteiger partial charge is 0.242 e. The number of hydrogen-bond acceptors (Lipinski definition) is 3. The van der Waals surface area contributed by atoms with E-state index in [0.29, 0.717) is 33.9 Å². The highest BCUT2D eigenvalue weighted by atomic mass is 35.5. The second kappa shape index (κ2) is 13.2. The van der Waals surface area contributed by atoms with Crippen LogP contribution >= 0.6 is 46.6 Å². The van der Waals surface area contributed by atoms with Gasteiger partial charge in [-0.05, 0) is 48.7 Å². The lowest BCUT2D eigenvalue weighted by Gasteiger charge is -2.29. The van der Waals surface area contributed by atoms with Crippen LogP contribution in [0.4, 0.5) is 0 Å². The molecule has 4 nitrogen and oxygen atoms in total. The lowest BCUT2D eigenvalue weighted by molar-refractivity contribution is -0.138. The number of amides is 2. The maximum absolute atomic E-state index is 13.1. The number of carbonyl (C=O) groups is 2. The van der Waals surface area contributed by atoms with Crippen molar-refractivity contribution in [3.8, 4) is 0 Å². The van der Waals surface area contributed by atoms with Crippen LogP contribution in [0, 0.1) is 0 Å². The monoisotopic (exact) mass is 500 g/mol. The Labute approximate surface area is 203 Å². The third-order valence-corrected chi connectivity index (χ3v) is 6.68. The summed E-state index contributed by atoms with van der Waals surface area (Å²) in [7, 11) is 0. The number of benzene rings is 2. The molecule has 2 amide bonds. The number of hydrogen-bond donors (Lipinski definition) is 1. The third kappa shape index (κ3) is 8.57. The molecule has 0 saturated carbocycles. The zero-order chi connectivity index (χ0) is 22.8. The molecule has 0 fully saturated rings. The Kier molecular flexibility index (Phi) is 11.0. The summed E-state index contributed by atoms with van der Waals surface area (Å²) in [6.45, 7) is 4.74. The first-order valence-corrected chi connectivity index (χ1v) is 12.4. The number of halogens is 3. The summed E-state index contributed by atoms with van der Waals surface area (Å²) in [4.78, 5) is 27.3. The summed E-state index contributed by atoms with van der Waals surface area (Å²) in [6, 6.07) is 12.2. The Morgan fingerprint density at radius 3 is 2.52 bits per heavy atom. The highest BCUT2D eigenvalue weighted by Gasteiger charge is 2.26. The largest absolute Gasteiger partial charge is 0.354 e. The molecule has 0 aliphatic rings. The normalized spacial score (nSPS) is 11.8. The third-order valence-electron chi connectivity index (χ3n) is 4.72. The zero-order valence-corrected chi connectivity index (χ0v) is 20.8. The van der Waals surface area contributed by atoms with Gasteiger partial charge in [0.1, 0.15) is 6.04 Å². The van der Waals surface area contributed by atoms with E-state index in [9.17, 15) is 9.59 Å². The van der Waals surface area contributed by atoms with E-state index in [1.165, 1.54) is 11.8 Å². The van der Waals surface area contributed by atoms with Gasteiger partial charge >= 0.3 is 0 Å². The first-order chi connectivity index (χ1) is 14.8. The predicted molar refractivity (Wildman–Crippen MR) is 132 cm³/mol. The fourth-order valence-corrected chi connectivity index (χ4v) is 4.31. The van der Waals surface area contributed by atoms with Crippen molar-refractivity contribution in [1.29, 1.82) is 0 Å². The molecule has 1 N–H and O–H groups in total. The van der Waals surface area contributed by atoms with E-state index < -0.39 is 6.04 Å². The average molecular weight is 502 g/mol. The van der Waals surface area contributed by atoms with Crippen molar-refractivity contribution in [3.05, 3.63) is 68.7 Å². The molecule has 0 bridgehead atoms. The maximum Gasteiger partial charge on any atom is 0.242 e. The van der Waals surface area contributed by atoms with Gasteiger partial charge in [0, 0.05) is 23.9 Å². The molecular weight excluding hydrogens is 475 g/mol. The molecular formula is C23H27Cl3N2O2S. The SMILES string of the molecule is CCCCNC(=O)[C@@H](C)N(Cc1cccc(Cl)c1)C(=O)CSCc1ccc(Cl)c(Cl)c1. The van der Waals surface area contributed by atoms with Gasteiger partial charge in [-0.1, -0.05) is 66.3 Å². The van der Waals surface area contributed by atoms with E-state index in [1.807, 2.05) is 24.3 Å². The maximum atomic E-state index is 13.1. The molecule has 0 unspecified atom stereocenters. The second-order valence-electron chi connectivity index (χ2n) is 7.21. The van der Waals surface area contributed by atoms with Gasteiger partial charge in [0.2, 0.25) is 11.8 Å². The van der Waals surface area contributed by atoms with E-state index >= 15 is 0 Å². The van der Waals surface area contributed by atoms with Crippen molar-refractivity contribution in [1.82, 2.24) is 10.2 Å². The van der Waals surface area contributed by atoms with Gasteiger partial charge in [-0.15, -0.1) is 11.8 Å². The van der Waals surface area contributed by atoms with Crippen LogP contribution in [-0.4, -0.2) is 35.1 Å². The number of nitrogens with one attached hydrogen (secondary N) is 1. The van der Waals surface area contributed by atoms with Gasteiger partial charge in [0.15, 0.2) is 0 Å². The minimum Gasteiger partial charge on any atom is -0.354 e. The Morgan fingerprint density at radius 2 is 1.84 bits per heavy atom. The van der Waals surface area contributed by atoms with Crippen molar-refractivity contribution < 1.29 is 9.59 Å². The minimum atomic E-state index is -0.589. The van der Waals surface area contributed by atoms with Gasteiger partial charge in [-0.25, -0.2) is 0 Å². The lowest BCUT2D eigenvalue weighted by Crippen LogP contribution is -2.48. The Hall–Kier alpha value is -1.40. The molecule has 0 aliphatic heterocycles. The molecule has 0 radical (unpaired) electrons. The molecule has 168 valence electrons. The number of carbonyl (C=O) groups excluding carboxylic acids is 2. The summed E-state index contributed by atoms with van der Waals surface area (Å²) in [6.07, 6.45) is 1.89. The van der Waals surface area contributed by atoms with Crippen molar-refractivity contribution in [2.45, 2.75) is 45.0 Å². The molecule has 2 rings (SSSR count). The van der Waals surface area contributed by atoms with Crippen LogP contribution in [-0.2, 0) is 21.9 Å². The van der Waals surface area contributed by atoms with Crippen LogP contribution in [0.2, 0.25) is 15.1 Å². The summed E-state index contributed by atoms with van der Waals surface area (Å²) < 4.78 is 0. The number of unbranched alkanes of at least 4 members (excludes halogenated alkanes) is 1. The lowest BCUT2D eigenvalue weighted by atomic mass is 10.1. The molecule has 0 heterocycles. The zero-order valence-electron chi connectivity index (χ0n) is 17.7. The topological polar surface area (TPSA) is 49.4 Å². The second-order valence-corrected chi connectivity index (χ2v) is 9.45. The Morgan fingerprint density at radius 1 is 1.06 bits per heavy atom. The standard InChI is InChI=1S/C23H27Cl3N2O2S/c1-3-4-10-27-23(30)16(2)28(13-17-6-5-7-19(24)11-17)22(29)15-31-14-18-8-9-20(25)21(26)12-18/h5-9,11-12,16H,3-4,10,13-15H2,1-2H3,(H,27,30)/t16-/m1/s1. The Balaban J connectivity index is 2.05. The highest BCUT2D eigenvalue weighted by Crippen LogP contribution is 2.25. The number of nitrogens with zero attached hydrogens (tertiary/aromatic N) is 1. The molecule has 1 atom stereocenters. The van der Waals surface area contributed by atoms with Crippen LogP contribution in [0.1, 0.15) is 37.8 Å². The molecule has 31 heavy (non-hydrogen) atoms. The average Bonchev–Trinajstić information content (AvgIpc) is 2.74. The summed E-state index contributed by atoms with van der Waals surface area (Å²) in [5, 5.41) is 4.51. The van der Waals surface area contributed by atoms with E-state index in [2.05, 4.69) is 12.2 Å². The van der Waals surface area contributed by atoms with Gasteiger partial charge in [0.05, 0.1) is 15.8 Å². The first-order valence-electron chi connectivity index (χ1n) is 10.1. The van der Waals surface area contributed by atoms with Crippen LogP contribution in [0.25, 0.3) is 0 Å². The summed E-state index contributed by atoms with van der Waals surface area (Å²) in [5.41, 5.74) is 1.86. The van der Waals surface area contributed by atoms with Crippen LogP contribution in [0.15, 0.2) is 42.5 Å². The Bertz CT molecular complexity index is 895. The fraction of sp³-hybridized carbons (Fsp3) is 0.391. The van der Waals surface area contributed by atoms with E-state index in [1.54, 1.807) is 30.0 Å². The quantitative estimate of drug-likeness (QED) is 0.372. The van der Waals surface area contributed by atoms with Gasteiger partial charge in [-0.2, -0.15) is 0 Å². The summed E-state index contributed by atoms with van der Waals surface area (Å²) >= 11 is 19.6. The van der Waals surface area contributed by atoms with E-state index in [4.69, 9.17) is 34.8 Å². The van der Waals surface area contributed by atoms with Crippen LogP contribution < -0.4 is 5.32 Å². The van der Waals surface area contributed by atoms with Crippen molar-refractivity contribution in [3.63, 3.8) is 0 Å². The van der Waals surface area contributed by atoms with Gasteiger partial charge < -0.3 is 10.2 Å². The molecule has 8 heteroatoms.